The average molecular weight is 584 g/mol. The van der Waals surface area contributed by atoms with Crippen LogP contribution in [0.5, 0.6) is 0 Å². The van der Waals surface area contributed by atoms with E-state index in [-0.39, 0.29) is 16.3 Å². The predicted molar refractivity (Wildman–Crippen MR) is 122 cm³/mol. The number of carbonyl (C=O) groups excluding carboxylic acids is 2. The fourth-order valence-corrected chi connectivity index (χ4v) is 5.00. The van der Waals surface area contributed by atoms with Gasteiger partial charge in [-0.05, 0) is 42.0 Å². The van der Waals surface area contributed by atoms with Crippen LogP contribution in [0.3, 0.4) is 0 Å². The molecular formula is C21H13Cl5F5NO2. The van der Waals surface area contributed by atoms with Crippen molar-refractivity contribution in [3.05, 3.63) is 62.6 Å². The Morgan fingerprint density at radius 2 is 1.53 bits per heavy atom. The van der Waals surface area contributed by atoms with Crippen LogP contribution in [-0.4, -0.2) is 28.1 Å². The number of anilines is 1. The lowest BCUT2D eigenvalue weighted by atomic mass is 10.0. The summed E-state index contributed by atoms with van der Waals surface area (Å²) >= 11 is 30.4. The van der Waals surface area contributed by atoms with Gasteiger partial charge in [-0.2, -0.15) is 22.0 Å². The third-order valence-electron chi connectivity index (χ3n) is 5.20. The Kier molecular flexibility index (Phi) is 7.71. The van der Waals surface area contributed by atoms with E-state index in [1.807, 2.05) is 0 Å². The number of halogens is 10. The standard InChI is InChI=1S/C21H13Cl5F5NO2/c22-10-5-9(6-11(23)7-10)16-17(20(16,25)26)18(34)32-12-1-2-14(24)13(8-12)15(33)3-4-19(27,28)21(29,30)31/h1-2,5-8,16-17H,3-4H2,(H,32,34). The third kappa shape index (κ3) is 5.73. The monoisotopic (exact) mass is 581 g/mol. The summed E-state index contributed by atoms with van der Waals surface area (Å²) in [5.41, 5.74) is 0.244. The highest BCUT2D eigenvalue weighted by molar-refractivity contribution is 6.53. The fourth-order valence-electron chi connectivity index (χ4n) is 3.41. The van der Waals surface area contributed by atoms with Gasteiger partial charge in [-0.3, -0.25) is 9.59 Å². The topological polar surface area (TPSA) is 46.2 Å². The Morgan fingerprint density at radius 3 is 2.09 bits per heavy atom. The number of benzene rings is 2. The first kappa shape index (κ1) is 27.3. The minimum Gasteiger partial charge on any atom is -0.326 e. The molecule has 0 saturated heterocycles. The maximum atomic E-state index is 13.1. The Labute approximate surface area is 215 Å². The zero-order valence-electron chi connectivity index (χ0n) is 16.6. The third-order valence-corrected chi connectivity index (χ3v) is 6.90. The summed E-state index contributed by atoms with van der Waals surface area (Å²) in [6.07, 6.45) is -8.64. The zero-order valence-corrected chi connectivity index (χ0v) is 20.4. The van der Waals surface area contributed by atoms with E-state index < -0.39 is 52.8 Å². The van der Waals surface area contributed by atoms with Crippen molar-refractivity contribution in [1.82, 2.24) is 0 Å². The number of amides is 1. The van der Waals surface area contributed by atoms with Crippen LogP contribution in [0.4, 0.5) is 27.6 Å². The SMILES string of the molecule is O=C(CCC(F)(F)C(F)(F)F)c1cc(NC(=O)C2C(c3cc(Cl)cc(Cl)c3)C2(Cl)Cl)ccc1Cl. The Balaban J connectivity index is 1.74. The van der Waals surface area contributed by atoms with Crippen molar-refractivity contribution in [2.24, 2.45) is 5.92 Å². The van der Waals surface area contributed by atoms with E-state index in [9.17, 15) is 31.5 Å². The molecule has 1 saturated carbocycles. The van der Waals surface area contributed by atoms with Gasteiger partial charge in [-0.25, -0.2) is 0 Å². The summed E-state index contributed by atoms with van der Waals surface area (Å²) in [5, 5.41) is 2.94. The van der Waals surface area contributed by atoms with Gasteiger partial charge in [0.1, 0.15) is 4.33 Å². The highest BCUT2D eigenvalue weighted by atomic mass is 35.5. The first-order valence-electron chi connectivity index (χ1n) is 9.46. The minimum atomic E-state index is -5.78. The van der Waals surface area contributed by atoms with E-state index >= 15 is 0 Å². The molecule has 34 heavy (non-hydrogen) atoms. The summed E-state index contributed by atoms with van der Waals surface area (Å²) in [6.45, 7) is 0. The number of ketones is 1. The van der Waals surface area contributed by atoms with Gasteiger partial charge in [0.05, 0.1) is 10.9 Å². The molecule has 2 aromatic carbocycles. The molecule has 1 N–H and O–H groups in total. The second-order valence-corrected chi connectivity index (χ2v) is 10.4. The molecular weight excluding hydrogens is 570 g/mol. The van der Waals surface area contributed by atoms with Crippen molar-refractivity contribution in [2.45, 2.75) is 35.2 Å². The minimum absolute atomic E-state index is 0.0410. The molecule has 1 amide bonds. The van der Waals surface area contributed by atoms with Crippen molar-refractivity contribution in [1.29, 1.82) is 0 Å². The molecule has 2 aromatic rings. The van der Waals surface area contributed by atoms with Gasteiger partial charge in [-0.1, -0.05) is 34.8 Å². The van der Waals surface area contributed by atoms with Crippen LogP contribution >= 0.6 is 58.0 Å². The Morgan fingerprint density at radius 1 is 0.941 bits per heavy atom. The summed E-state index contributed by atoms with van der Waals surface area (Å²) in [5.74, 6) is -8.28. The molecule has 2 atom stereocenters. The number of Topliss-reactive ketones (excluding diaryl/α,β-unsaturated/α-hetero) is 1. The second kappa shape index (κ2) is 9.62. The molecule has 3 rings (SSSR count). The predicted octanol–water partition coefficient (Wildman–Crippen LogP) is 8.33. The van der Waals surface area contributed by atoms with E-state index in [0.717, 1.165) is 6.07 Å². The smallest absolute Gasteiger partial charge is 0.326 e. The largest absolute Gasteiger partial charge is 0.453 e. The molecule has 1 aliphatic carbocycles. The molecule has 0 bridgehead atoms. The summed E-state index contributed by atoms with van der Waals surface area (Å²) in [6, 6.07) is 8.19. The summed E-state index contributed by atoms with van der Waals surface area (Å²) in [4.78, 5) is 25.1. The van der Waals surface area contributed by atoms with Crippen molar-refractivity contribution in [3.8, 4) is 0 Å². The van der Waals surface area contributed by atoms with E-state index in [4.69, 9.17) is 58.0 Å². The van der Waals surface area contributed by atoms with E-state index in [1.165, 1.54) is 18.2 Å². The van der Waals surface area contributed by atoms with Crippen molar-refractivity contribution < 1.29 is 31.5 Å². The van der Waals surface area contributed by atoms with Gasteiger partial charge in [0.25, 0.3) is 0 Å². The number of hydrogen-bond acceptors (Lipinski definition) is 2. The van der Waals surface area contributed by atoms with Gasteiger partial charge in [0, 0.05) is 40.1 Å². The second-order valence-electron chi connectivity index (χ2n) is 7.64. The lowest BCUT2D eigenvalue weighted by molar-refractivity contribution is -0.283. The molecule has 0 spiro atoms. The van der Waals surface area contributed by atoms with Crippen molar-refractivity contribution in [3.63, 3.8) is 0 Å². The molecule has 13 heteroatoms. The maximum absolute atomic E-state index is 13.1. The molecule has 0 aromatic heterocycles. The molecule has 184 valence electrons. The van der Waals surface area contributed by atoms with Gasteiger partial charge >= 0.3 is 12.1 Å². The normalized spacial score (nSPS) is 19.6. The molecule has 0 radical (unpaired) electrons. The number of carbonyl (C=O) groups is 2. The zero-order chi connectivity index (χ0) is 25.6. The molecule has 0 heterocycles. The molecule has 1 aliphatic rings. The van der Waals surface area contributed by atoms with Crippen molar-refractivity contribution in [2.75, 3.05) is 5.32 Å². The van der Waals surface area contributed by atoms with Crippen LogP contribution in [0.1, 0.15) is 34.7 Å². The summed E-state index contributed by atoms with van der Waals surface area (Å²) in [7, 11) is 0. The number of hydrogen-bond donors (Lipinski definition) is 1. The van der Waals surface area contributed by atoms with Crippen molar-refractivity contribution >= 4 is 75.4 Å². The number of alkyl halides is 7. The molecule has 3 nitrogen and oxygen atoms in total. The van der Waals surface area contributed by atoms with Gasteiger partial charge in [0.15, 0.2) is 5.78 Å². The van der Waals surface area contributed by atoms with E-state index in [2.05, 4.69) is 5.32 Å². The highest BCUT2D eigenvalue weighted by Gasteiger charge is 2.67. The fraction of sp³-hybridized carbons (Fsp3) is 0.333. The van der Waals surface area contributed by atoms with Crippen LogP contribution < -0.4 is 5.32 Å². The first-order chi connectivity index (χ1) is 15.5. The average Bonchev–Trinajstić information content (AvgIpc) is 3.28. The lowest BCUT2D eigenvalue weighted by Crippen LogP contribution is -2.36. The van der Waals surface area contributed by atoms with Crippen LogP contribution in [-0.2, 0) is 4.79 Å². The first-order valence-corrected chi connectivity index (χ1v) is 11.4. The Bertz CT molecular complexity index is 1120. The van der Waals surface area contributed by atoms with Crippen LogP contribution in [0, 0.1) is 5.92 Å². The van der Waals surface area contributed by atoms with Gasteiger partial charge in [-0.15, -0.1) is 23.2 Å². The lowest BCUT2D eigenvalue weighted by Gasteiger charge is -2.19. The van der Waals surface area contributed by atoms with Gasteiger partial charge in [0.2, 0.25) is 5.91 Å². The Hall–Kier alpha value is -1.32. The van der Waals surface area contributed by atoms with Crippen LogP contribution in [0.15, 0.2) is 36.4 Å². The number of rotatable bonds is 7. The quantitative estimate of drug-likeness (QED) is 0.202. The summed E-state index contributed by atoms with van der Waals surface area (Å²) < 4.78 is 61.8. The van der Waals surface area contributed by atoms with Crippen LogP contribution in [0.2, 0.25) is 15.1 Å². The maximum Gasteiger partial charge on any atom is 0.453 e. The van der Waals surface area contributed by atoms with Crippen LogP contribution in [0.25, 0.3) is 0 Å². The molecule has 0 aliphatic heterocycles. The van der Waals surface area contributed by atoms with Gasteiger partial charge < -0.3 is 5.32 Å². The highest BCUT2D eigenvalue weighted by Crippen LogP contribution is 2.65. The van der Waals surface area contributed by atoms with E-state index in [0.29, 0.717) is 15.6 Å². The molecule has 1 fully saturated rings. The molecule has 2 unspecified atom stereocenters. The number of nitrogens with one attached hydrogen (secondary N) is 1. The van der Waals surface area contributed by atoms with E-state index in [1.54, 1.807) is 12.1 Å².